The van der Waals surface area contributed by atoms with Gasteiger partial charge in [-0.3, -0.25) is 4.79 Å². The number of likely N-dealkylation sites (tertiary alicyclic amines) is 1. The topological polar surface area (TPSA) is 67.6 Å². The number of nitrogens with zero attached hydrogens (tertiary/aromatic N) is 2. The predicted molar refractivity (Wildman–Crippen MR) is 107 cm³/mol. The summed E-state index contributed by atoms with van der Waals surface area (Å²) >= 11 is 0. The van der Waals surface area contributed by atoms with Crippen molar-refractivity contribution in [2.75, 3.05) is 25.5 Å². The van der Waals surface area contributed by atoms with Gasteiger partial charge in [-0.05, 0) is 44.2 Å². The van der Waals surface area contributed by atoms with Gasteiger partial charge < -0.3 is 19.5 Å². The van der Waals surface area contributed by atoms with Gasteiger partial charge in [-0.2, -0.15) is 0 Å². The molecule has 1 aliphatic heterocycles. The molecule has 4 rings (SSSR count). The zero-order valence-corrected chi connectivity index (χ0v) is 15.8. The SMILES string of the molecule is CN1CCC(Oc2ccc(NC(=O)c3cc(-c4ccccc4)no3)cc2)CC1. The fourth-order valence-corrected chi connectivity index (χ4v) is 3.23. The molecule has 0 aliphatic carbocycles. The summed E-state index contributed by atoms with van der Waals surface area (Å²) in [5.41, 5.74) is 2.21. The number of rotatable bonds is 5. The predicted octanol–water partition coefficient (Wildman–Crippen LogP) is 4.07. The van der Waals surface area contributed by atoms with Crippen molar-refractivity contribution in [3.63, 3.8) is 0 Å². The van der Waals surface area contributed by atoms with Crippen LogP contribution in [0.25, 0.3) is 11.3 Å². The molecule has 1 aromatic heterocycles. The monoisotopic (exact) mass is 377 g/mol. The lowest BCUT2D eigenvalue weighted by Gasteiger charge is -2.29. The molecule has 6 heteroatoms. The number of aromatic nitrogens is 1. The van der Waals surface area contributed by atoms with Gasteiger partial charge in [0.25, 0.3) is 5.91 Å². The second-order valence-electron chi connectivity index (χ2n) is 7.04. The van der Waals surface area contributed by atoms with Crippen LogP contribution in [0.2, 0.25) is 0 Å². The molecule has 2 heterocycles. The van der Waals surface area contributed by atoms with Crippen molar-refractivity contribution >= 4 is 11.6 Å². The normalized spacial score (nSPS) is 15.3. The van der Waals surface area contributed by atoms with Crippen LogP contribution >= 0.6 is 0 Å². The Kier molecular flexibility index (Phi) is 5.39. The van der Waals surface area contributed by atoms with E-state index in [2.05, 4.69) is 22.4 Å². The number of carbonyl (C=O) groups is 1. The van der Waals surface area contributed by atoms with E-state index in [1.54, 1.807) is 6.07 Å². The second kappa shape index (κ2) is 8.27. The van der Waals surface area contributed by atoms with Gasteiger partial charge in [0.2, 0.25) is 5.76 Å². The highest BCUT2D eigenvalue weighted by atomic mass is 16.5. The minimum atomic E-state index is -0.335. The van der Waals surface area contributed by atoms with Gasteiger partial charge in [0.1, 0.15) is 17.5 Å². The molecule has 2 aromatic carbocycles. The van der Waals surface area contributed by atoms with E-state index in [-0.39, 0.29) is 17.8 Å². The summed E-state index contributed by atoms with van der Waals surface area (Å²) < 4.78 is 11.2. The summed E-state index contributed by atoms with van der Waals surface area (Å²) in [5, 5.41) is 6.80. The highest BCUT2D eigenvalue weighted by molar-refractivity contribution is 6.02. The van der Waals surface area contributed by atoms with E-state index in [1.165, 1.54) is 0 Å². The van der Waals surface area contributed by atoms with Crippen LogP contribution in [-0.2, 0) is 0 Å². The molecular weight excluding hydrogens is 354 g/mol. The quantitative estimate of drug-likeness (QED) is 0.726. The Hall–Kier alpha value is -3.12. The fourth-order valence-electron chi connectivity index (χ4n) is 3.23. The molecule has 0 spiro atoms. The van der Waals surface area contributed by atoms with Crippen LogP contribution in [0.4, 0.5) is 5.69 Å². The van der Waals surface area contributed by atoms with Crippen molar-refractivity contribution in [3.05, 3.63) is 66.4 Å². The lowest BCUT2D eigenvalue weighted by atomic mass is 10.1. The van der Waals surface area contributed by atoms with Crippen LogP contribution in [0.1, 0.15) is 23.4 Å². The van der Waals surface area contributed by atoms with Gasteiger partial charge >= 0.3 is 0 Å². The molecule has 28 heavy (non-hydrogen) atoms. The van der Waals surface area contributed by atoms with E-state index < -0.39 is 0 Å². The average Bonchev–Trinajstić information content (AvgIpc) is 3.22. The molecule has 0 bridgehead atoms. The van der Waals surface area contributed by atoms with Crippen molar-refractivity contribution in [3.8, 4) is 17.0 Å². The van der Waals surface area contributed by atoms with Crippen LogP contribution in [0.3, 0.4) is 0 Å². The maximum atomic E-state index is 12.4. The third-order valence-corrected chi connectivity index (χ3v) is 4.88. The number of ether oxygens (including phenoxy) is 1. The molecule has 144 valence electrons. The summed E-state index contributed by atoms with van der Waals surface area (Å²) in [6.45, 7) is 2.11. The minimum absolute atomic E-state index is 0.172. The fraction of sp³-hybridized carbons (Fsp3) is 0.273. The number of hydrogen-bond donors (Lipinski definition) is 1. The van der Waals surface area contributed by atoms with Crippen molar-refractivity contribution in [1.29, 1.82) is 0 Å². The number of piperidine rings is 1. The van der Waals surface area contributed by atoms with Gasteiger partial charge in [0, 0.05) is 30.4 Å². The molecule has 1 amide bonds. The van der Waals surface area contributed by atoms with Crippen molar-refractivity contribution in [2.45, 2.75) is 18.9 Å². The first-order valence-corrected chi connectivity index (χ1v) is 9.46. The zero-order chi connectivity index (χ0) is 19.3. The molecular formula is C22H23N3O3. The summed E-state index contributed by atoms with van der Waals surface area (Å²) in [4.78, 5) is 14.7. The third kappa shape index (κ3) is 4.40. The summed E-state index contributed by atoms with van der Waals surface area (Å²) in [6.07, 6.45) is 2.32. The first-order valence-electron chi connectivity index (χ1n) is 9.46. The molecule has 1 N–H and O–H groups in total. The lowest BCUT2D eigenvalue weighted by Crippen LogP contribution is -2.35. The average molecular weight is 377 g/mol. The van der Waals surface area contributed by atoms with Gasteiger partial charge in [0.05, 0.1) is 0 Å². The Balaban J connectivity index is 1.35. The highest BCUT2D eigenvalue weighted by Gasteiger charge is 2.18. The lowest BCUT2D eigenvalue weighted by molar-refractivity contribution is 0.0987. The molecule has 0 radical (unpaired) electrons. The van der Waals surface area contributed by atoms with Crippen LogP contribution in [0, 0.1) is 0 Å². The summed E-state index contributed by atoms with van der Waals surface area (Å²) in [7, 11) is 2.13. The van der Waals surface area contributed by atoms with Crippen LogP contribution in [0.5, 0.6) is 5.75 Å². The number of amides is 1. The smallest absolute Gasteiger partial charge is 0.294 e. The maximum absolute atomic E-state index is 12.4. The Morgan fingerprint density at radius 1 is 1.11 bits per heavy atom. The van der Waals surface area contributed by atoms with E-state index >= 15 is 0 Å². The standard InChI is InChI=1S/C22H23N3O3/c1-25-13-11-19(12-14-25)27-18-9-7-17(8-10-18)23-22(26)21-15-20(24-28-21)16-5-3-2-4-6-16/h2-10,15,19H,11-14H2,1H3,(H,23,26). The molecule has 1 fully saturated rings. The first-order chi connectivity index (χ1) is 13.7. The van der Waals surface area contributed by atoms with E-state index in [4.69, 9.17) is 9.26 Å². The number of benzene rings is 2. The molecule has 6 nitrogen and oxygen atoms in total. The Labute approximate surface area is 164 Å². The number of hydrogen-bond acceptors (Lipinski definition) is 5. The molecule has 0 atom stereocenters. The Morgan fingerprint density at radius 3 is 2.54 bits per heavy atom. The molecule has 1 saturated heterocycles. The van der Waals surface area contributed by atoms with Gasteiger partial charge in [-0.15, -0.1) is 0 Å². The van der Waals surface area contributed by atoms with Gasteiger partial charge in [-0.25, -0.2) is 0 Å². The number of anilines is 1. The second-order valence-corrected chi connectivity index (χ2v) is 7.04. The largest absolute Gasteiger partial charge is 0.490 e. The molecule has 3 aromatic rings. The zero-order valence-electron chi connectivity index (χ0n) is 15.8. The Morgan fingerprint density at radius 2 is 1.82 bits per heavy atom. The first kappa shape index (κ1) is 18.3. The van der Waals surface area contributed by atoms with E-state index in [1.807, 2.05) is 54.6 Å². The van der Waals surface area contributed by atoms with Crippen LogP contribution < -0.4 is 10.1 Å². The van der Waals surface area contributed by atoms with Gasteiger partial charge in [-0.1, -0.05) is 35.5 Å². The summed E-state index contributed by atoms with van der Waals surface area (Å²) in [6, 6.07) is 18.7. The molecule has 0 unspecified atom stereocenters. The Bertz CT molecular complexity index is 914. The van der Waals surface area contributed by atoms with Crippen LogP contribution in [0.15, 0.2) is 65.2 Å². The molecule has 1 aliphatic rings. The van der Waals surface area contributed by atoms with E-state index in [0.29, 0.717) is 11.4 Å². The van der Waals surface area contributed by atoms with E-state index in [0.717, 1.165) is 37.2 Å². The minimum Gasteiger partial charge on any atom is -0.490 e. The highest BCUT2D eigenvalue weighted by Crippen LogP contribution is 2.22. The van der Waals surface area contributed by atoms with E-state index in [9.17, 15) is 4.79 Å². The van der Waals surface area contributed by atoms with Crippen molar-refractivity contribution < 1.29 is 14.1 Å². The number of carbonyl (C=O) groups excluding carboxylic acids is 1. The van der Waals surface area contributed by atoms with Gasteiger partial charge in [0.15, 0.2) is 0 Å². The summed E-state index contributed by atoms with van der Waals surface area (Å²) in [5.74, 6) is 0.655. The number of nitrogens with one attached hydrogen (secondary N) is 1. The van der Waals surface area contributed by atoms with Crippen molar-refractivity contribution in [1.82, 2.24) is 10.1 Å². The third-order valence-electron chi connectivity index (χ3n) is 4.88. The van der Waals surface area contributed by atoms with Crippen LogP contribution in [-0.4, -0.2) is 42.2 Å². The van der Waals surface area contributed by atoms with Crippen molar-refractivity contribution in [2.24, 2.45) is 0 Å². The molecule has 0 saturated carbocycles. The maximum Gasteiger partial charge on any atom is 0.294 e.